The molecule has 0 radical (unpaired) electrons. The van der Waals surface area contributed by atoms with Crippen molar-refractivity contribution in [3.8, 4) is 0 Å². The first-order valence-electron chi connectivity index (χ1n) is 8.87. The third-order valence-electron chi connectivity index (χ3n) is 4.64. The fourth-order valence-electron chi connectivity index (χ4n) is 3.41. The average Bonchev–Trinajstić information content (AvgIpc) is 2.86. The highest BCUT2D eigenvalue weighted by Crippen LogP contribution is 2.16. The summed E-state index contributed by atoms with van der Waals surface area (Å²) in [6.07, 6.45) is 0.677. The van der Waals surface area contributed by atoms with Crippen LogP contribution in [0.15, 0.2) is 42.5 Å². The van der Waals surface area contributed by atoms with Crippen molar-refractivity contribution in [1.29, 1.82) is 0 Å². The Kier molecular flexibility index (Phi) is 5.35. The third kappa shape index (κ3) is 3.93. The molecular weight excluding hydrogens is 331 g/mol. The van der Waals surface area contributed by atoms with Gasteiger partial charge in [0.2, 0.25) is 0 Å². The molecule has 4 nitrogen and oxygen atoms in total. The second kappa shape index (κ2) is 7.68. The number of carbonyl (C=O) groups is 2. The molecule has 0 bridgehead atoms. The Labute approximate surface area is 153 Å². The Morgan fingerprint density at radius 2 is 1.42 bits per heavy atom. The quantitative estimate of drug-likeness (QED) is 0.829. The van der Waals surface area contributed by atoms with Gasteiger partial charge < -0.3 is 9.80 Å². The van der Waals surface area contributed by atoms with Gasteiger partial charge in [-0.2, -0.15) is 0 Å². The maximum absolute atomic E-state index is 13.9. The molecule has 136 valence electrons. The summed E-state index contributed by atoms with van der Waals surface area (Å²) in [6, 6.07) is 11.8. The van der Waals surface area contributed by atoms with E-state index in [1.165, 1.54) is 12.1 Å². The predicted molar refractivity (Wildman–Crippen MR) is 98.7 cm³/mol. The van der Waals surface area contributed by atoms with E-state index in [1.807, 2.05) is 32.0 Å². The van der Waals surface area contributed by atoms with Crippen molar-refractivity contribution in [2.24, 2.45) is 0 Å². The summed E-state index contributed by atoms with van der Waals surface area (Å²) >= 11 is 0. The lowest BCUT2D eigenvalue weighted by atomic mass is 10.1. The van der Waals surface area contributed by atoms with Crippen molar-refractivity contribution in [3.05, 3.63) is 70.5 Å². The highest BCUT2D eigenvalue weighted by atomic mass is 19.1. The molecule has 0 saturated carbocycles. The number of nitrogens with zero attached hydrogens (tertiary/aromatic N) is 2. The Balaban J connectivity index is 1.71. The summed E-state index contributed by atoms with van der Waals surface area (Å²) in [7, 11) is 0. The van der Waals surface area contributed by atoms with Crippen molar-refractivity contribution < 1.29 is 14.0 Å². The van der Waals surface area contributed by atoms with Gasteiger partial charge >= 0.3 is 0 Å². The molecule has 0 atom stereocenters. The predicted octanol–water partition coefficient (Wildman–Crippen LogP) is 3.43. The van der Waals surface area contributed by atoms with Crippen LogP contribution in [0.4, 0.5) is 4.39 Å². The van der Waals surface area contributed by atoms with Crippen LogP contribution in [0.5, 0.6) is 0 Å². The van der Waals surface area contributed by atoms with Gasteiger partial charge in [0, 0.05) is 31.7 Å². The maximum atomic E-state index is 13.9. The fourth-order valence-corrected chi connectivity index (χ4v) is 3.41. The Hall–Kier alpha value is -2.69. The van der Waals surface area contributed by atoms with Crippen LogP contribution in [0.2, 0.25) is 0 Å². The second-order valence-electron chi connectivity index (χ2n) is 6.79. The molecule has 0 spiro atoms. The van der Waals surface area contributed by atoms with Crippen molar-refractivity contribution in [2.45, 2.75) is 20.3 Å². The zero-order chi connectivity index (χ0) is 18.7. The van der Waals surface area contributed by atoms with Crippen LogP contribution in [0.1, 0.15) is 38.3 Å². The van der Waals surface area contributed by atoms with Crippen LogP contribution < -0.4 is 0 Å². The normalized spacial score (nSPS) is 14.9. The van der Waals surface area contributed by atoms with E-state index in [1.54, 1.807) is 21.9 Å². The Bertz CT molecular complexity index is 814. The molecular formula is C21H23FN2O2. The van der Waals surface area contributed by atoms with Gasteiger partial charge in [0.25, 0.3) is 11.8 Å². The standard InChI is InChI=1S/C21H23FN2O2/c1-15-12-16(2)14-17(13-15)20(25)23-8-5-9-24(11-10-23)21(26)18-6-3-4-7-19(18)22/h3-4,6-7,12-14H,5,8-11H2,1-2H3. The van der Waals surface area contributed by atoms with Crippen molar-refractivity contribution in [1.82, 2.24) is 9.80 Å². The number of carbonyl (C=O) groups excluding carboxylic acids is 2. The lowest BCUT2D eigenvalue weighted by Gasteiger charge is -2.22. The molecule has 1 heterocycles. The lowest BCUT2D eigenvalue weighted by molar-refractivity contribution is 0.0716. The SMILES string of the molecule is Cc1cc(C)cc(C(=O)N2CCCN(C(=O)c3ccccc3F)CC2)c1. The van der Waals surface area contributed by atoms with E-state index in [2.05, 4.69) is 0 Å². The van der Waals surface area contributed by atoms with Crippen LogP contribution in [-0.2, 0) is 0 Å². The third-order valence-corrected chi connectivity index (χ3v) is 4.64. The van der Waals surface area contributed by atoms with Crippen LogP contribution in [0.3, 0.4) is 0 Å². The summed E-state index contributed by atoms with van der Waals surface area (Å²) in [5.74, 6) is -0.842. The summed E-state index contributed by atoms with van der Waals surface area (Å²) in [4.78, 5) is 28.8. The number of rotatable bonds is 2. The van der Waals surface area contributed by atoms with E-state index in [0.717, 1.165) is 11.1 Å². The fraction of sp³-hybridized carbons (Fsp3) is 0.333. The minimum Gasteiger partial charge on any atom is -0.337 e. The van der Waals surface area contributed by atoms with Gasteiger partial charge in [0.1, 0.15) is 5.82 Å². The van der Waals surface area contributed by atoms with E-state index in [0.29, 0.717) is 38.2 Å². The molecule has 1 aliphatic heterocycles. The summed E-state index contributed by atoms with van der Waals surface area (Å²) in [5.41, 5.74) is 2.87. The number of halogens is 1. The molecule has 2 amide bonds. The lowest BCUT2D eigenvalue weighted by Crippen LogP contribution is -2.37. The van der Waals surface area contributed by atoms with Gasteiger partial charge in [0.15, 0.2) is 0 Å². The first kappa shape index (κ1) is 18.1. The van der Waals surface area contributed by atoms with Crippen LogP contribution in [0, 0.1) is 19.7 Å². The molecule has 1 saturated heterocycles. The van der Waals surface area contributed by atoms with Crippen molar-refractivity contribution in [2.75, 3.05) is 26.2 Å². The number of hydrogen-bond acceptors (Lipinski definition) is 2. The van der Waals surface area contributed by atoms with Crippen LogP contribution in [0.25, 0.3) is 0 Å². The molecule has 26 heavy (non-hydrogen) atoms. The molecule has 0 aliphatic carbocycles. The minimum atomic E-state index is -0.509. The Morgan fingerprint density at radius 1 is 0.846 bits per heavy atom. The van der Waals surface area contributed by atoms with Gasteiger partial charge in [-0.25, -0.2) is 4.39 Å². The summed E-state index contributed by atoms with van der Waals surface area (Å²) in [5, 5.41) is 0. The summed E-state index contributed by atoms with van der Waals surface area (Å²) in [6.45, 7) is 5.91. The largest absolute Gasteiger partial charge is 0.337 e. The van der Waals surface area contributed by atoms with Gasteiger partial charge in [-0.05, 0) is 44.5 Å². The smallest absolute Gasteiger partial charge is 0.256 e. The first-order chi connectivity index (χ1) is 12.5. The van der Waals surface area contributed by atoms with Crippen LogP contribution >= 0.6 is 0 Å². The zero-order valence-electron chi connectivity index (χ0n) is 15.2. The summed E-state index contributed by atoms with van der Waals surface area (Å²) < 4.78 is 13.9. The van der Waals surface area contributed by atoms with E-state index >= 15 is 0 Å². The number of aryl methyl sites for hydroxylation is 2. The molecule has 3 rings (SSSR count). The topological polar surface area (TPSA) is 40.6 Å². The van der Waals surface area contributed by atoms with Crippen molar-refractivity contribution >= 4 is 11.8 Å². The molecule has 1 fully saturated rings. The second-order valence-corrected chi connectivity index (χ2v) is 6.79. The molecule has 5 heteroatoms. The highest BCUT2D eigenvalue weighted by Gasteiger charge is 2.25. The van der Waals surface area contributed by atoms with Gasteiger partial charge in [-0.15, -0.1) is 0 Å². The average molecular weight is 354 g/mol. The first-order valence-corrected chi connectivity index (χ1v) is 8.87. The number of hydrogen-bond donors (Lipinski definition) is 0. The van der Waals surface area contributed by atoms with E-state index in [9.17, 15) is 14.0 Å². The molecule has 1 aliphatic rings. The van der Waals surface area contributed by atoms with E-state index in [4.69, 9.17) is 0 Å². The molecule has 0 aromatic heterocycles. The Morgan fingerprint density at radius 3 is 2.04 bits per heavy atom. The number of amides is 2. The molecule has 2 aromatic rings. The van der Waals surface area contributed by atoms with Gasteiger partial charge in [-0.1, -0.05) is 29.3 Å². The van der Waals surface area contributed by atoms with Gasteiger partial charge in [0.05, 0.1) is 5.56 Å². The number of benzene rings is 2. The van der Waals surface area contributed by atoms with Crippen LogP contribution in [-0.4, -0.2) is 47.8 Å². The molecule has 2 aromatic carbocycles. The molecule has 0 unspecified atom stereocenters. The van der Waals surface area contributed by atoms with E-state index in [-0.39, 0.29) is 17.4 Å². The maximum Gasteiger partial charge on any atom is 0.256 e. The minimum absolute atomic E-state index is 0.0167. The van der Waals surface area contributed by atoms with Crippen molar-refractivity contribution in [3.63, 3.8) is 0 Å². The monoisotopic (exact) mass is 354 g/mol. The highest BCUT2D eigenvalue weighted by molar-refractivity contribution is 5.95. The van der Waals surface area contributed by atoms with Gasteiger partial charge in [-0.3, -0.25) is 9.59 Å². The zero-order valence-corrected chi connectivity index (χ0v) is 15.2. The van der Waals surface area contributed by atoms with E-state index < -0.39 is 5.82 Å². The molecule has 0 N–H and O–H groups in total.